The summed E-state index contributed by atoms with van der Waals surface area (Å²) in [6.07, 6.45) is 1.66. The standard InChI is InChI=1S/C23H23N5O2S2/c1-12-5-6-13(2)17(9-12)31-11-18-27-21(29)19-14(3)20(32-23(19)28-18)22(30)25-10-16-7-8-24-15(4)26-16/h5-9H,10-11H2,1-4H3,(H,25,30)(H,27,28,29). The molecule has 2 N–H and O–H groups in total. The first-order valence-electron chi connectivity index (χ1n) is 10.1. The molecular weight excluding hydrogens is 442 g/mol. The minimum atomic E-state index is -0.243. The SMILES string of the molecule is Cc1ccc(C)c(SCc2nc3sc(C(=O)NCc4ccnc(C)n4)c(C)c3c(=O)[nH]2)c1. The third-order valence-electron chi connectivity index (χ3n) is 5.03. The van der Waals surface area contributed by atoms with Crippen molar-refractivity contribution in [1.29, 1.82) is 0 Å². The van der Waals surface area contributed by atoms with Crippen molar-refractivity contribution in [2.45, 2.75) is 44.9 Å². The van der Waals surface area contributed by atoms with E-state index in [1.54, 1.807) is 37.9 Å². The van der Waals surface area contributed by atoms with Gasteiger partial charge in [-0.25, -0.2) is 15.0 Å². The Bertz CT molecular complexity index is 1380. The number of hydrogen-bond acceptors (Lipinski definition) is 7. The first-order valence-corrected chi connectivity index (χ1v) is 11.9. The lowest BCUT2D eigenvalue weighted by molar-refractivity contribution is 0.0954. The molecule has 0 bridgehead atoms. The summed E-state index contributed by atoms with van der Waals surface area (Å²) in [5, 5.41) is 3.34. The number of hydrogen-bond donors (Lipinski definition) is 2. The summed E-state index contributed by atoms with van der Waals surface area (Å²) in [4.78, 5) is 43.6. The number of amides is 1. The number of nitrogens with one attached hydrogen (secondary N) is 2. The fourth-order valence-corrected chi connectivity index (χ4v) is 5.45. The number of nitrogens with zero attached hydrogens (tertiary/aromatic N) is 3. The van der Waals surface area contributed by atoms with E-state index >= 15 is 0 Å². The zero-order valence-electron chi connectivity index (χ0n) is 18.3. The second-order valence-corrected chi connectivity index (χ2v) is 9.60. The molecule has 0 aliphatic heterocycles. The summed E-state index contributed by atoms with van der Waals surface area (Å²) in [5.41, 5.74) is 3.53. The number of aromatic amines is 1. The number of carbonyl (C=O) groups is 1. The summed E-state index contributed by atoms with van der Waals surface area (Å²) in [6.45, 7) is 8.00. The quantitative estimate of drug-likeness (QED) is 0.413. The van der Waals surface area contributed by atoms with Crippen LogP contribution in [0.1, 0.15) is 43.7 Å². The molecule has 0 aliphatic carbocycles. The summed E-state index contributed by atoms with van der Waals surface area (Å²) in [6, 6.07) is 8.07. The monoisotopic (exact) mass is 465 g/mol. The maximum atomic E-state index is 12.8. The number of thiophene rings is 1. The van der Waals surface area contributed by atoms with E-state index in [1.807, 2.05) is 0 Å². The third kappa shape index (κ3) is 4.73. The number of rotatable bonds is 6. The molecule has 0 fully saturated rings. The minimum Gasteiger partial charge on any atom is -0.346 e. The lowest BCUT2D eigenvalue weighted by Gasteiger charge is -2.06. The fourth-order valence-electron chi connectivity index (χ4n) is 3.34. The van der Waals surface area contributed by atoms with Crippen LogP contribution in [0.4, 0.5) is 0 Å². The molecular formula is C23H23N5O2S2. The van der Waals surface area contributed by atoms with E-state index in [9.17, 15) is 9.59 Å². The highest BCUT2D eigenvalue weighted by Crippen LogP contribution is 2.29. The summed E-state index contributed by atoms with van der Waals surface area (Å²) in [5.74, 6) is 1.54. The predicted molar refractivity (Wildman–Crippen MR) is 128 cm³/mol. The van der Waals surface area contributed by atoms with E-state index in [2.05, 4.69) is 57.3 Å². The third-order valence-corrected chi connectivity index (χ3v) is 7.38. The van der Waals surface area contributed by atoms with Gasteiger partial charge >= 0.3 is 0 Å². The Morgan fingerprint density at radius 1 is 1.16 bits per heavy atom. The number of aromatic nitrogens is 4. The van der Waals surface area contributed by atoms with Gasteiger partial charge in [-0.3, -0.25) is 9.59 Å². The van der Waals surface area contributed by atoms with Gasteiger partial charge in [-0.05, 0) is 51.0 Å². The molecule has 0 aliphatic rings. The molecule has 0 radical (unpaired) electrons. The van der Waals surface area contributed by atoms with Gasteiger partial charge in [-0.1, -0.05) is 17.7 Å². The lowest BCUT2D eigenvalue weighted by Crippen LogP contribution is -2.23. The molecule has 164 valence electrons. The van der Waals surface area contributed by atoms with Gasteiger partial charge < -0.3 is 10.3 Å². The summed E-state index contributed by atoms with van der Waals surface area (Å²) >= 11 is 2.88. The average Bonchev–Trinajstić information content (AvgIpc) is 3.09. The molecule has 4 aromatic rings. The van der Waals surface area contributed by atoms with Crippen LogP contribution in [-0.2, 0) is 12.3 Å². The van der Waals surface area contributed by atoms with E-state index in [0.29, 0.717) is 38.1 Å². The highest BCUT2D eigenvalue weighted by Gasteiger charge is 2.19. The van der Waals surface area contributed by atoms with Crippen LogP contribution < -0.4 is 10.9 Å². The molecule has 1 amide bonds. The highest BCUT2D eigenvalue weighted by molar-refractivity contribution is 7.98. The normalized spacial score (nSPS) is 11.1. The van der Waals surface area contributed by atoms with Crippen LogP contribution in [0.5, 0.6) is 0 Å². The summed E-state index contributed by atoms with van der Waals surface area (Å²) < 4.78 is 0. The molecule has 9 heteroatoms. The Morgan fingerprint density at radius 3 is 2.75 bits per heavy atom. The van der Waals surface area contributed by atoms with Gasteiger partial charge in [0.1, 0.15) is 16.5 Å². The van der Waals surface area contributed by atoms with Crippen LogP contribution in [0.3, 0.4) is 0 Å². The van der Waals surface area contributed by atoms with Crippen LogP contribution in [-0.4, -0.2) is 25.8 Å². The minimum absolute atomic E-state index is 0.217. The van der Waals surface area contributed by atoms with Crippen molar-refractivity contribution in [3.05, 3.63) is 79.7 Å². The van der Waals surface area contributed by atoms with E-state index in [1.165, 1.54) is 22.5 Å². The first kappa shape index (κ1) is 22.2. The van der Waals surface area contributed by atoms with Crippen molar-refractivity contribution in [3.8, 4) is 0 Å². The van der Waals surface area contributed by atoms with E-state index < -0.39 is 0 Å². The second-order valence-electron chi connectivity index (χ2n) is 7.58. The van der Waals surface area contributed by atoms with E-state index in [4.69, 9.17) is 0 Å². The number of carbonyl (C=O) groups excluding carboxylic acids is 1. The Labute approximate surface area is 193 Å². The van der Waals surface area contributed by atoms with Crippen LogP contribution >= 0.6 is 23.1 Å². The lowest BCUT2D eigenvalue weighted by atomic mass is 10.2. The predicted octanol–water partition coefficient (Wildman–Crippen LogP) is 4.23. The number of benzene rings is 1. The highest BCUT2D eigenvalue weighted by atomic mass is 32.2. The van der Waals surface area contributed by atoms with Crippen LogP contribution in [0.25, 0.3) is 10.2 Å². The van der Waals surface area contributed by atoms with Gasteiger partial charge in [0.15, 0.2) is 0 Å². The van der Waals surface area contributed by atoms with Gasteiger partial charge in [0.25, 0.3) is 11.5 Å². The Morgan fingerprint density at radius 2 is 1.97 bits per heavy atom. The first-order chi connectivity index (χ1) is 15.3. The fraction of sp³-hybridized carbons (Fsp3) is 0.261. The number of aryl methyl sites for hydroxylation is 4. The maximum Gasteiger partial charge on any atom is 0.262 e. The number of H-pyrrole nitrogens is 1. The van der Waals surface area contributed by atoms with E-state index in [0.717, 1.165) is 10.6 Å². The Balaban J connectivity index is 1.55. The molecule has 0 atom stereocenters. The van der Waals surface area contributed by atoms with Crippen molar-refractivity contribution in [2.75, 3.05) is 0 Å². The van der Waals surface area contributed by atoms with Crippen LogP contribution in [0, 0.1) is 27.7 Å². The molecule has 0 spiro atoms. The molecule has 4 rings (SSSR count). The van der Waals surface area contributed by atoms with Crippen molar-refractivity contribution < 1.29 is 4.79 Å². The molecule has 3 aromatic heterocycles. The van der Waals surface area contributed by atoms with Gasteiger partial charge in [-0.2, -0.15) is 0 Å². The average molecular weight is 466 g/mol. The molecule has 0 saturated heterocycles. The molecule has 7 nitrogen and oxygen atoms in total. The largest absolute Gasteiger partial charge is 0.346 e. The van der Waals surface area contributed by atoms with Gasteiger partial charge in [-0.15, -0.1) is 23.1 Å². The zero-order chi connectivity index (χ0) is 22.8. The molecule has 32 heavy (non-hydrogen) atoms. The maximum absolute atomic E-state index is 12.8. The number of thioether (sulfide) groups is 1. The van der Waals surface area contributed by atoms with Gasteiger partial charge in [0.05, 0.1) is 28.3 Å². The van der Waals surface area contributed by atoms with Crippen LogP contribution in [0.15, 0.2) is 40.2 Å². The molecule has 0 unspecified atom stereocenters. The number of fused-ring (bicyclic) bond motifs is 1. The van der Waals surface area contributed by atoms with Crippen LogP contribution in [0.2, 0.25) is 0 Å². The van der Waals surface area contributed by atoms with Gasteiger partial charge in [0, 0.05) is 11.1 Å². The Kier molecular flexibility index (Phi) is 6.38. The van der Waals surface area contributed by atoms with E-state index in [-0.39, 0.29) is 18.0 Å². The molecule has 3 heterocycles. The topological polar surface area (TPSA) is 101 Å². The Hall–Kier alpha value is -3.04. The summed E-state index contributed by atoms with van der Waals surface area (Å²) in [7, 11) is 0. The molecule has 1 aromatic carbocycles. The molecule has 0 saturated carbocycles. The van der Waals surface area contributed by atoms with Gasteiger partial charge in [0.2, 0.25) is 0 Å². The smallest absolute Gasteiger partial charge is 0.262 e. The van der Waals surface area contributed by atoms with Crippen molar-refractivity contribution in [2.24, 2.45) is 0 Å². The van der Waals surface area contributed by atoms with Crippen molar-refractivity contribution in [3.63, 3.8) is 0 Å². The second kappa shape index (κ2) is 9.22. The van der Waals surface area contributed by atoms with Crippen molar-refractivity contribution in [1.82, 2.24) is 25.3 Å². The van der Waals surface area contributed by atoms with Crippen molar-refractivity contribution >= 4 is 39.2 Å². The zero-order valence-corrected chi connectivity index (χ0v) is 19.9.